The smallest absolute Gasteiger partial charge is 0.270 e. The minimum Gasteiger partial charge on any atom is -0.348 e. The van der Waals surface area contributed by atoms with Gasteiger partial charge in [-0.25, -0.2) is 4.98 Å². The van der Waals surface area contributed by atoms with Gasteiger partial charge in [0.15, 0.2) is 0 Å². The van der Waals surface area contributed by atoms with Gasteiger partial charge in [-0.2, -0.15) is 0 Å². The van der Waals surface area contributed by atoms with Gasteiger partial charge >= 0.3 is 0 Å². The van der Waals surface area contributed by atoms with E-state index in [1.54, 1.807) is 16.7 Å². The summed E-state index contributed by atoms with van der Waals surface area (Å²) < 4.78 is 0. The second kappa shape index (κ2) is 6.97. The molecule has 2 aromatic heterocycles. The maximum atomic E-state index is 12.1. The molecule has 2 aromatic rings. The Kier molecular flexibility index (Phi) is 5.28. The minimum absolute atomic E-state index is 0.0974. The largest absolute Gasteiger partial charge is 0.348 e. The molecule has 0 bridgehead atoms. The number of rotatable bonds is 6. The van der Waals surface area contributed by atoms with Gasteiger partial charge in [0.25, 0.3) is 5.91 Å². The predicted molar refractivity (Wildman–Crippen MR) is 84.6 cm³/mol. The number of carbonyl (C=O) groups is 1. The topological polar surface area (TPSA) is 68.0 Å². The van der Waals surface area contributed by atoms with Crippen molar-refractivity contribution < 1.29 is 4.79 Å². The monoisotopic (exact) mass is 309 g/mol. The van der Waals surface area contributed by atoms with Crippen LogP contribution in [0.3, 0.4) is 0 Å². The van der Waals surface area contributed by atoms with Crippen molar-refractivity contribution in [1.82, 2.24) is 10.3 Å². The molecule has 4 nitrogen and oxygen atoms in total. The fraction of sp³-hybridized carbons (Fsp3) is 0.429. The van der Waals surface area contributed by atoms with Crippen molar-refractivity contribution in [3.05, 3.63) is 38.0 Å². The molecule has 3 N–H and O–H groups in total. The van der Waals surface area contributed by atoms with E-state index in [4.69, 9.17) is 5.73 Å². The molecular formula is C14H19N3OS2. The highest BCUT2D eigenvalue weighted by molar-refractivity contribution is 7.11. The van der Waals surface area contributed by atoms with Gasteiger partial charge in [0.2, 0.25) is 0 Å². The van der Waals surface area contributed by atoms with Gasteiger partial charge in [-0.3, -0.25) is 4.79 Å². The molecular weight excluding hydrogens is 290 g/mol. The van der Waals surface area contributed by atoms with Crippen molar-refractivity contribution in [3.63, 3.8) is 0 Å². The molecule has 0 fully saturated rings. The summed E-state index contributed by atoms with van der Waals surface area (Å²) in [4.78, 5) is 19.0. The van der Waals surface area contributed by atoms with Crippen LogP contribution in [-0.4, -0.2) is 23.5 Å². The Hall–Kier alpha value is -1.24. The summed E-state index contributed by atoms with van der Waals surface area (Å²) in [6, 6.07) is 4.32. The Bertz CT molecular complexity index is 576. The lowest BCUT2D eigenvalue weighted by Gasteiger charge is -2.11. The zero-order valence-corrected chi connectivity index (χ0v) is 13.3. The molecule has 1 atom stereocenters. The van der Waals surface area contributed by atoms with Gasteiger partial charge in [0, 0.05) is 34.0 Å². The van der Waals surface area contributed by atoms with E-state index in [-0.39, 0.29) is 11.9 Å². The molecule has 1 unspecified atom stereocenters. The van der Waals surface area contributed by atoms with Crippen molar-refractivity contribution in [2.75, 3.05) is 6.54 Å². The van der Waals surface area contributed by atoms with E-state index in [9.17, 15) is 4.79 Å². The molecule has 0 aromatic carbocycles. The number of amides is 1. The molecule has 0 radical (unpaired) electrons. The first-order valence-electron chi connectivity index (χ1n) is 6.59. The second-order valence-corrected chi connectivity index (χ2v) is 7.07. The molecule has 0 spiro atoms. The molecule has 108 valence electrons. The second-order valence-electron chi connectivity index (χ2n) is 4.76. The van der Waals surface area contributed by atoms with Crippen molar-refractivity contribution in [3.8, 4) is 0 Å². The van der Waals surface area contributed by atoms with E-state index in [1.165, 1.54) is 21.1 Å². The molecule has 20 heavy (non-hydrogen) atoms. The first-order valence-corrected chi connectivity index (χ1v) is 8.28. The first kappa shape index (κ1) is 15.2. The lowest BCUT2D eigenvalue weighted by molar-refractivity contribution is 0.0935. The molecule has 0 saturated heterocycles. The van der Waals surface area contributed by atoms with Crippen LogP contribution >= 0.6 is 22.7 Å². The number of carbonyl (C=O) groups excluding carboxylic acids is 1. The van der Waals surface area contributed by atoms with Crippen LogP contribution < -0.4 is 11.1 Å². The van der Waals surface area contributed by atoms with Gasteiger partial charge in [-0.15, -0.1) is 22.7 Å². The number of nitrogens with zero attached hydrogens (tertiary/aromatic N) is 1. The van der Waals surface area contributed by atoms with E-state index in [1.807, 2.05) is 6.92 Å². The SMILES string of the molecule is Cc1ccc(CC(C)NC(=O)c2csc(CCN)n2)s1. The number of hydrogen-bond donors (Lipinski definition) is 2. The average Bonchev–Trinajstić information content (AvgIpc) is 2.99. The summed E-state index contributed by atoms with van der Waals surface area (Å²) in [6.07, 6.45) is 1.58. The number of hydrogen-bond acceptors (Lipinski definition) is 5. The molecule has 2 heterocycles. The zero-order valence-electron chi connectivity index (χ0n) is 11.7. The zero-order chi connectivity index (χ0) is 14.5. The number of nitrogens with one attached hydrogen (secondary N) is 1. The normalized spacial score (nSPS) is 12.3. The van der Waals surface area contributed by atoms with Crippen LogP contribution in [-0.2, 0) is 12.8 Å². The van der Waals surface area contributed by atoms with Gasteiger partial charge in [0.1, 0.15) is 5.69 Å². The minimum atomic E-state index is -0.106. The number of aromatic nitrogens is 1. The summed E-state index contributed by atoms with van der Waals surface area (Å²) in [7, 11) is 0. The van der Waals surface area contributed by atoms with Crippen LogP contribution in [0.1, 0.15) is 32.2 Å². The van der Waals surface area contributed by atoms with Crippen LogP contribution in [0, 0.1) is 6.92 Å². The van der Waals surface area contributed by atoms with Crippen molar-refractivity contribution in [2.45, 2.75) is 32.7 Å². The number of aryl methyl sites for hydroxylation is 1. The highest BCUT2D eigenvalue weighted by Crippen LogP contribution is 2.17. The molecule has 2 rings (SSSR count). The van der Waals surface area contributed by atoms with Crippen molar-refractivity contribution in [2.24, 2.45) is 5.73 Å². The molecule has 0 aliphatic rings. The molecule has 0 aliphatic heterocycles. The first-order chi connectivity index (χ1) is 9.58. The Balaban J connectivity index is 1.89. The standard InChI is InChI=1S/C14H19N3OS2/c1-9(7-11-4-3-10(2)20-11)16-14(18)12-8-19-13(17-12)5-6-15/h3-4,8-9H,5-7,15H2,1-2H3,(H,16,18). The van der Waals surface area contributed by atoms with Gasteiger partial charge in [-0.05, 0) is 32.5 Å². The lowest BCUT2D eigenvalue weighted by atomic mass is 10.2. The third-order valence-electron chi connectivity index (χ3n) is 2.82. The van der Waals surface area contributed by atoms with Crippen LogP contribution in [0.5, 0.6) is 0 Å². The maximum absolute atomic E-state index is 12.1. The number of thiophene rings is 1. The van der Waals surface area contributed by atoms with E-state index in [0.29, 0.717) is 12.2 Å². The van der Waals surface area contributed by atoms with E-state index >= 15 is 0 Å². The van der Waals surface area contributed by atoms with E-state index in [0.717, 1.165) is 17.8 Å². The van der Waals surface area contributed by atoms with Crippen molar-refractivity contribution >= 4 is 28.6 Å². The molecule has 6 heteroatoms. The number of nitrogens with two attached hydrogens (primary N) is 1. The fourth-order valence-corrected chi connectivity index (χ4v) is 3.71. The summed E-state index contributed by atoms with van der Waals surface area (Å²) >= 11 is 3.26. The maximum Gasteiger partial charge on any atom is 0.270 e. The van der Waals surface area contributed by atoms with Crippen LogP contribution in [0.15, 0.2) is 17.5 Å². The highest BCUT2D eigenvalue weighted by atomic mass is 32.1. The third-order valence-corrected chi connectivity index (χ3v) is 4.76. The van der Waals surface area contributed by atoms with E-state index in [2.05, 4.69) is 29.4 Å². The summed E-state index contributed by atoms with van der Waals surface area (Å²) in [5.41, 5.74) is 5.98. The van der Waals surface area contributed by atoms with Gasteiger partial charge < -0.3 is 11.1 Å². The lowest BCUT2D eigenvalue weighted by Crippen LogP contribution is -2.34. The van der Waals surface area contributed by atoms with Crippen LogP contribution in [0.25, 0.3) is 0 Å². The molecule has 0 saturated carbocycles. The quantitative estimate of drug-likeness (QED) is 0.861. The Labute approximate surface area is 127 Å². The summed E-state index contributed by atoms with van der Waals surface area (Å²) in [5.74, 6) is -0.106. The van der Waals surface area contributed by atoms with Crippen LogP contribution in [0.2, 0.25) is 0 Å². The predicted octanol–water partition coefficient (Wildman–Crippen LogP) is 2.38. The van der Waals surface area contributed by atoms with Gasteiger partial charge in [0.05, 0.1) is 5.01 Å². The van der Waals surface area contributed by atoms with Crippen LogP contribution in [0.4, 0.5) is 0 Å². The summed E-state index contributed by atoms with van der Waals surface area (Å²) in [6.45, 7) is 4.66. The van der Waals surface area contributed by atoms with Crippen molar-refractivity contribution in [1.29, 1.82) is 0 Å². The highest BCUT2D eigenvalue weighted by Gasteiger charge is 2.14. The van der Waals surface area contributed by atoms with E-state index < -0.39 is 0 Å². The Morgan fingerprint density at radius 1 is 1.50 bits per heavy atom. The average molecular weight is 309 g/mol. The summed E-state index contributed by atoms with van der Waals surface area (Å²) in [5, 5.41) is 5.70. The molecule has 1 amide bonds. The molecule has 0 aliphatic carbocycles. The third kappa shape index (κ3) is 4.13. The number of thiazole rings is 1. The fourth-order valence-electron chi connectivity index (χ4n) is 1.90. The van der Waals surface area contributed by atoms with Gasteiger partial charge in [-0.1, -0.05) is 0 Å². The Morgan fingerprint density at radius 3 is 2.95 bits per heavy atom. The Morgan fingerprint density at radius 2 is 2.30 bits per heavy atom.